The molecule has 0 aliphatic rings. The molecule has 2 aromatic carbocycles. The molecule has 0 aliphatic heterocycles. The molecule has 0 saturated heterocycles. The van der Waals surface area contributed by atoms with Gasteiger partial charge in [-0.15, -0.1) is 5.10 Å². The van der Waals surface area contributed by atoms with Gasteiger partial charge < -0.3 is 15.0 Å². The highest BCUT2D eigenvalue weighted by Crippen LogP contribution is 2.28. The first kappa shape index (κ1) is 18.0. The highest BCUT2D eigenvalue weighted by molar-refractivity contribution is 6.30. The minimum atomic E-state index is 0.187. The first-order chi connectivity index (χ1) is 13.6. The quantitative estimate of drug-likeness (QED) is 0.544. The second-order valence-electron chi connectivity index (χ2n) is 6.05. The van der Waals surface area contributed by atoms with Crippen LogP contribution in [-0.4, -0.2) is 31.7 Å². The summed E-state index contributed by atoms with van der Waals surface area (Å²) < 4.78 is 12.3. The van der Waals surface area contributed by atoms with Crippen molar-refractivity contribution in [3.8, 4) is 34.4 Å². The van der Waals surface area contributed by atoms with E-state index in [0.29, 0.717) is 23.1 Å². The molecule has 0 bridgehead atoms. The van der Waals surface area contributed by atoms with Gasteiger partial charge in [0.25, 0.3) is 5.89 Å². The monoisotopic (exact) mass is 396 g/mol. The van der Waals surface area contributed by atoms with Crippen molar-refractivity contribution in [1.29, 1.82) is 0 Å². The molecular formula is C19H17ClN6O2. The molecule has 0 amide bonds. The number of benzene rings is 2. The number of nitrogens with zero attached hydrogens (tertiary/aromatic N) is 5. The van der Waals surface area contributed by atoms with Crippen LogP contribution in [-0.2, 0) is 0 Å². The van der Waals surface area contributed by atoms with Crippen molar-refractivity contribution in [1.82, 2.24) is 25.1 Å². The normalized spacial score (nSPS) is 11.0. The molecule has 0 atom stereocenters. The van der Waals surface area contributed by atoms with Gasteiger partial charge in [-0.05, 0) is 55.8 Å². The molecule has 0 saturated carbocycles. The number of anilines is 1. The third-order valence-corrected chi connectivity index (χ3v) is 4.39. The average Bonchev–Trinajstić information content (AvgIpc) is 3.31. The Balaban J connectivity index is 1.66. The van der Waals surface area contributed by atoms with Crippen LogP contribution in [0.3, 0.4) is 0 Å². The molecule has 0 radical (unpaired) electrons. The molecule has 0 aliphatic carbocycles. The van der Waals surface area contributed by atoms with Crippen LogP contribution in [0, 0.1) is 6.92 Å². The summed E-state index contributed by atoms with van der Waals surface area (Å²) in [5.74, 6) is 1.67. The van der Waals surface area contributed by atoms with Crippen LogP contribution in [0.1, 0.15) is 12.5 Å². The summed E-state index contributed by atoms with van der Waals surface area (Å²) in [7, 11) is 0. The van der Waals surface area contributed by atoms with E-state index in [1.54, 1.807) is 12.1 Å². The van der Waals surface area contributed by atoms with Crippen LogP contribution in [0.15, 0.2) is 47.0 Å². The molecule has 0 fully saturated rings. The van der Waals surface area contributed by atoms with E-state index in [2.05, 4.69) is 20.5 Å². The maximum Gasteiger partial charge on any atom is 0.282 e. The van der Waals surface area contributed by atoms with Crippen molar-refractivity contribution in [3.63, 3.8) is 0 Å². The third-order valence-electron chi connectivity index (χ3n) is 4.16. The van der Waals surface area contributed by atoms with E-state index in [0.717, 1.165) is 22.6 Å². The van der Waals surface area contributed by atoms with Gasteiger partial charge in [0.1, 0.15) is 5.75 Å². The fourth-order valence-corrected chi connectivity index (χ4v) is 2.90. The SMILES string of the molecule is CCOc1ccc(-c2noc(-c3nnn(-c4cc(Cl)ccc4C)c3N)n2)cc1. The second-order valence-corrected chi connectivity index (χ2v) is 6.48. The zero-order valence-electron chi connectivity index (χ0n) is 15.3. The van der Waals surface area contributed by atoms with Crippen LogP contribution in [0.5, 0.6) is 5.75 Å². The molecule has 8 nitrogen and oxygen atoms in total. The van der Waals surface area contributed by atoms with E-state index in [4.69, 9.17) is 26.6 Å². The number of ether oxygens (including phenoxy) is 1. The van der Waals surface area contributed by atoms with E-state index < -0.39 is 0 Å². The lowest BCUT2D eigenvalue weighted by molar-refractivity contribution is 0.340. The lowest BCUT2D eigenvalue weighted by Crippen LogP contribution is -2.04. The summed E-state index contributed by atoms with van der Waals surface area (Å²) in [6.07, 6.45) is 0. The Bertz CT molecular complexity index is 1120. The summed E-state index contributed by atoms with van der Waals surface area (Å²) in [6, 6.07) is 12.9. The Kier molecular flexibility index (Phi) is 4.70. The Labute approximate surface area is 165 Å². The van der Waals surface area contributed by atoms with E-state index in [-0.39, 0.29) is 11.7 Å². The summed E-state index contributed by atoms with van der Waals surface area (Å²) in [6.45, 7) is 4.47. The van der Waals surface area contributed by atoms with Crippen molar-refractivity contribution >= 4 is 17.4 Å². The van der Waals surface area contributed by atoms with Crippen molar-refractivity contribution in [3.05, 3.63) is 53.1 Å². The number of nitrogens with two attached hydrogens (primary N) is 1. The predicted molar refractivity (Wildman–Crippen MR) is 105 cm³/mol. The highest BCUT2D eigenvalue weighted by Gasteiger charge is 2.20. The average molecular weight is 397 g/mol. The number of aryl methyl sites for hydroxylation is 1. The number of halogens is 1. The Morgan fingerprint density at radius 1 is 1.18 bits per heavy atom. The van der Waals surface area contributed by atoms with Gasteiger partial charge in [-0.1, -0.05) is 28.0 Å². The predicted octanol–water partition coefficient (Wildman–Crippen LogP) is 3.93. The zero-order chi connectivity index (χ0) is 19.7. The molecular weight excluding hydrogens is 380 g/mol. The second kappa shape index (κ2) is 7.32. The first-order valence-electron chi connectivity index (χ1n) is 8.62. The molecule has 9 heteroatoms. The van der Waals surface area contributed by atoms with E-state index in [9.17, 15) is 0 Å². The van der Waals surface area contributed by atoms with Crippen LogP contribution in [0.4, 0.5) is 5.82 Å². The largest absolute Gasteiger partial charge is 0.494 e. The van der Waals surface area contributed by atoms with Crippen molar-refractivity contribution in [2.75, 3.05) is 12.3 Å². The summed E-state index contributed by atoms with van der Waals surface area (Å²) in [5, 5.41) is 12.8. The minimum Gasteiger partial charge on any atom is -0.494 e. The molecule has 2 N–H and O–H groups in total. The van der Waals surface area contributed by atoms with Crippen molar-refractivity contribution < 1.29 is 9.26 Å². The van der Waals surface area contributed by atoms with Gasteiger partial charge in [-0.3, -0.25) is 0 Å². The summed E-state index contributed by atoms with van der Waals surface area (Å²) in [5.41, 5.74) is 9.02. The molecule has 142 valence electrons. The molecule has 2 aromatic heterocycles. The lowest BCUT2D eigenvalue weighted by Gasteiger charge is -2.07. The van der Waals surface area contributed by atoms with Gasteiger partial charge in [0.05, 0.1) is 12.3 Å². The number of nitrogen functional groups attached to an aromatic ring is 1. The topological polar surface area (TPSA) is 105 Å². The van der Waals surface area contributed by atoms with Gasteiger partial charge in [-0.2, -0.15) is 9.67 Å². The maximum atomic E-state index is 6.24. The van der Waals surface area contributed by atoms with Crippen molar-refractivity contribution in [2.45, 2.75) is 13.8 Å². The number of aromatic nitrogens is 5. The molecule has 4 aromatic rings. The third kappa shape index (κ3) is 3.29. The van der Waals surface area contributed by atoms with Gasteiger partial charge in [0.2, 0.25) is 5.82 Å². The van der Waals surface area contributed by atoms with Crippen LogP contribution >= 0.6 is 11.6 Å². The summed E-state index contributed by atoms with van der Waals surface area (Å²) in [4.78, 5) is 4.39. The fourth-order valence-electron chi connectivity index (χ4n) is 2.73. The van der Waals surface area contributed by atoms with E-state index in [1.165, 1.54) is 4.68 Å². The molecule has 0 unspecified atom stereocenters. The van der Waals surface area contributed by atoms with Gasteiger partial charge in [0, 0.05) is 10.6 Å². The smallest absolute Gasteiger partial charge is 0.282 e. The highest BCUT2D eigenvalue weighted by atomic mass is 35.5. The fraction of sp³-hybridized carbons (Fsp3) is 0.158. The maximum absolute atomic E-state index is 6.24. The van der Waals surface area contributed by atoms with Crippen LogP contribution < -0.4 is 10.5 Å². The standard InChI is InChI=1S/C19H17ClN6O2/c1-3-27-14-8-5-12(6-9-14)18-22-19(28-24-18)16-17(21)26(25-23-16)15-10-13(20)7-4-11(15)2/h4-10H,3,21H2,1-2H3. The molecule has 0 spiro atoms. The molecule has 2 heterocycles. The van der Waals surface area contributed by atoms with Gasteiger partial charge in [-0.25, -0.2) is 0 Å². The zero-order valence-corrected chi connectivity index (χ0v) is 16.0. The van der Waals surface area contributed by atoms with E-state index in [1.807, 2.05) is 44.2 Å². The molecule has 4 rings (SSSR count). The van der Waals surface area contributed by atoms with Crippen molar-refractivity contribution in [2.24, 2.45) is 0 Å². The van der Waals surface area contributed by atoms with Crippen LogP contribution in [0.2, 0.25) is 5.02 Å². The van der Waals surface area contributed by atoms with Gasteiger partial charge in [0.15, 0.2) is 11.5 Å². The Morgan fingerprint density at radius 2 is 1.96 bits per heavy atom. The number of hydrogen-bond donors (Lipinski definition) is 1. The number of hydrogen-bond acceptors (Lipinski definition) is 7. The van der Waals surface area contributed by atoms with E-state index >= 15 is 0 Å². The van der Waals surface area contributed by atoms with Crippen LogP contribution in [0.25, 0.3) is 28.7 Å². The first-order valence-corrected chi connectivity index (χ1v) is 8.99. The minimum absolute atomic E-state index is 0.187. The van der Waals surface area contributed by atoms with Gasteiger partial charge >= 0.3 is 0 Å². The Morgan fingerprint density at radius 3 is 2.71 bits per heavy atom. The number of rotatable bonds is 5. The summed E-state index contributed by atoms with van der Waals surface area (Å²) >= 11 is 6.09. The lowest BCUT2D eigenvalue weighted by atomic mass is 10.2. The Hall–Kier alpha value is -3.39. The molecule has 28 heavy (non-hydrogen) atoms.